The van der Waals surface area contributed by atoms with Gasteiger partial charge in [0.1, 0.15) is 11.7 Å². The fourth-order valence-corrected chi connectivity index (χ4v) is 5.39. The van der Waals surface area contributed by atoms with Gasteiger partial charge in [0.05, 0.1) is 24.9 Å². The number of ether oxygens (including phenoxy) is 6. The van der Waals surface area contributed by atoms with E-state index < -0.39 is 42.3 Å². The molecule has 1 spiro atoms. The molecule has 4 rings (SSSR count). The third kappa shape index (κ3) is 5.62. The third-order valence-electron chi connectivity index (χ3n) is 6.92. The molecule has 0 aromatic rings. The molecule has 1 saturated carbocycles. The molecule has 2 saturated heterocycles. The molecule has 0 radical (unpaired) electrons. The van der Waals surface area contributed by atoms with Gasteiger partial charge in [-0.2, -0.15) is 0 Å². The number of epoxide rings is 2. The molecule has 3 aliphatic heterocycles. The highest BCUT2D eigenvalue weighted by Gasteiger charge is 2.64. The van der Waals surface area contributed by atoms with Gasteiger partial charge in [0.25, 0.3) is 0 Å². The summed E-state index contributed by atoms with van der Waals surface area (Å²) in [7, 11) is 0. The smallest absolute Gasteiger partial charge is 0.305 e. The van der Waals surface area contributed by atoms with Crippen molar-refractivity contribution in [2.24, 2.45) is 11.8 Å². The highest BCUT2D eigenvalue weighted by atomic mass is 16.7. The Morgan fingerprint density at radius 3 is 2.37 bits per heavy atom. The van der Waals surface area contributed by atoms with Gasteiger partial charge in [-0.1, -0.05) is 17.7 Å². The van der Waals surface area contributed by atoms with E-state index in [-0.39, 0.29) is 23.7 Å². The van der Waals surface area contributed by atoms with Crippen LogP contribution >= 0.6 is 0 Å². The molecule has 9 heteroatoms. The van der Waals surface area contributed by atoms with Gasteiger partial charge in [-0.25, -0.2) is 0 Å². The van der Waals surface area contributed by atoms with Crippen LogP contribution in [0.2, 0.25) is 0 Å². The van der Waals surface area contributed by atoms with E-state index >= 15 is 0 Å². The molecule has 3 fully saturated rings. The Labute approximate surface area is 205 Å². The monoisotopic (exact) mass is 490 g/mol. The number of esters is 3. The molecule has 4 aliphatic rings. The van der Waals surface area contributed by atoms with E-state index in [9.17, 15) is 14.4 Å². The van der Waals surface area contributed by atoms with Crippen LogP contribution in [0.3, 0.4) is 0 Å². The molecule has 0 aromatic heterocycles. The Bertz CT molecular complexity index is 956. The number of hydrogen-bond acceptors (Lipinski definition) is 9. The second kappa shape index (κ2) is 9.78. The topological polar surface area (TPSA) is 113 Å². The predicted octanol–water partition coefficient (Wildman–Crippen LogP) is 3.13. The molecule has 0 N–H and O–H groups in total. The Hall–Kier alpha value is -2.65. The summed E-state index contributed by atoms with van der Waals surface area (Å²) in [6.07, 6.45) is 2.51. The number of rotatable bonds is 6. The number of hydrogen-bond donors (Lipinski definition) is 0. The van der Waals surface area contributed by atoms with Gasteiger partial charge in [0.15, 0.2) is 12.2 Å². The van der Waals surface area contributed by atoms with Gasteiger partial charge in [-0.15, -0.1) is 0 Å². The molecule has 35 heavy (non-hydrogen) atoms. The Kier molecular flexibility index (Phi) is 7.11. The Balaban J connectivity index is 1.75. The van der Waals surface area contributed by atoms with Crippen LogP contribution in [0.25, 0.3) is 0 Å². The fourth-order valence-electron chi connectivity index (χ4n) is 5.39. The molecule has 0 bridgehead atoms. The van der Waals surface area contributed by atoms with Crippen molar-refractivity contribution in [3.63, 3.8) is 0 Å². The second-order valence-electron chi connectivity index (χ2n) is 10.1. The lowest BCUT2D eigenvalue weighted by Gasteiger charge is -2.41. The van der Waals surface area contributed by atoms with Crippen molar-refractivity contribution in [2.75, 3.05) is 6.61 Å². The maximum atomic E-state index is 12.2. The zero-order valence-electron chi connectivity index (χ0n) is 20.9. The molecular formula is C26H34O9. The first-order chi connectivity index (χ1) is 16.5. The fraction of sp³-hybridized carbons (Fsp3) is 0.654. The van der Waals surface area contributed by atoms with Gasteiger partial charge in [0, 0.05) is 32.3 Å². The first-order valence-corrected chi connectivity index (χ1v) is 12.0. The van der Waals surface area contributed by atoms with Crippen LogP contribution in [-0.2, 0) is 42.8 Å². The summed E-state index contributed by atoms with van der Waals surface area (Å²) in [5.41, 5.74) is 2.03. The Morgan fingerprint density at radius 2 is 1.80 bits per heavy atom. The summed E-state index contributed by atoms with van der Waals surface area (Å²) >= 11 is 0. The average Bonchev–Trinajstić information content (AvgIpc) is 3.64. The SMILES string of the molecule is C=C1C[C@H]2O[C@@H]2[C@]2(CC[C@@H]3C([C@@H](OC(C)=O)[C@H](C=C(C)C)OC(C)=O)=CO[C@H](OC(C)=O)[C@@H]13)CO2. The van der Waals surface area contributed by atoms with Gasteiger partial charge >= 0.3 is 17.9 Å². The average molecular weight is 491 g/mol. The summed E-state index contributed by atoms with van der Waals surface area (Å²) in [6, 6.07) is 0. The van der Waals surface area contributed by atoms with E-state index in [1.165, 1.54) is 27.0 Å². The van der Waals surface area contributed by atoms with Crippen LogP contribution in [0, 0.1) is 11.8 Å². The molecule has 9 nitrogen and oxygen atoms in total. The van der Waals surface area contributed by atoms with Crippen molar-refractivity contribution < 1.29 is 42.8 Å². The summed E-state index contributed by atoms with van der Waals surface area (Å²) < 4.78 is 34.6. The lowest BCUT2D eigenvalue weighted by atomic mass is 9.73. The van der Waals surface area contributed by atoms with E-state index in [0.29, 0.717) is 31.4 Å². The first-order valence-electron chi connectivity index (χ1n) is 12.0. The van der Waals surface area contributed by atoms with Gasteiger partial charge < -0.3 is 28.4 Å². The van der Waals surface area contributed by atoms with Crippen molar-refractivity contribution >= 4 is 17.9 Å². The molecule has 0 aromatic carbocycles. The number of fused-ring (bicyclic) bond motifs is 3. The van der Waals surface area contributed by atoms with Crippen LogP contribution < -0.4 is 0 Å². The standard InChI is InChI=1S/C26H34O9/c1-13(2)9-20(32-15(4)27)23(33-16(5)28)19-11-30-25(34-17(6)29)22-14(3)10-21-24(35-21)26(12-31-26)8-7-18(19)22/h9,11,18,20-25H,3,7-8,10,12H2,1-2,4-6H3/t18-,20+,21-,22+,23-,24+,25-,26+/m1/s1. The van der Waals surface area contributed by atoms with E-state index in [1.807, 2.05) is 13.8 Å². The van der Waals surface area contributed by atoms with Gasteiger partial charge in [-0.3, -0.25) is 14.4 Å². The van der Waals surface area contributed by atoms with Crippen LogP contribution in [0.15, 0.2) is 35.6 Å². The maximum absolute atomic E-state index is 12.2. The lowest BCUT2D eigenvalue weighted by molar-refractivity contribution is -0.183. The largest absolute Gasteiger partial charge is 0.462 e. The van der Waals surface area contributed by atoms with E-state index in [0.717, 1.165) is 11.1 Å². The zero-order valence-corrected chi connectivity index (χ0v) is 20.9. The normalized spacial score (nSPS) is 34.7. The second-order valence-corrected chi connectivity index (χ2v) is 10.1. The van der Waals surface area contributed by atoms with Crippen molar-refractivity contribution in [1.82, 2.24) is 0 Å². The number of carbonyl (C=O) groups is 3. The minimum Gasteiger partial charge on any atom is -0.462 e. The Morgan fingerprint density at radius 1 is 1.11 bits per heavy atom. The van der Waals surface area contributed by atoms with Crippen LogP contribution in [0.1, 0.15) is 53.9 Å². The van der Waals surface area contributed by atoms with Crippen molar-refractivity contribution in [3.8, 4) is 0 Å². The lowest BCUT2D eigenvalue weighted by Crippen LogP contribution is -2.45. The van der Waals surface area contributed by atoms with Crippen molar-refractivity contribution in [2.45, 2.75) is 90.2 Å². The molecule has 3 heterocycles. The summed E-state index contributed by atoms with van der Waals surface area (Å²) in [5, 5.41) is 0. The third-order valence-corrected chi connectivity index (χ3v) is 6.92. The van der Waals surface area contributed by atoms with Gasteiger partial charge in [-0.05, 0) is 39.2 Å². The molecule has 0 amide bonds. The maximum Gasteiger partial charge on any atom is 0.305 e. The summed E-state index contributed by atoms with van der Waals surface area (Å²) in [6.45, 7) is 12.6. The van der Waals surface area contributed by atoms with Crippen LogP contribution in [-0.4, -0.2) is 60.8 Å². The molecule has 1 aliphatic carbocycles. The van der Waals surface area contributed by atoms with E-state index in [1.54, 1.807) is 6.08 Å². The molecule has 0 unspecified atom stereocenters. The number of carbonyl (C=O) groups excluding carboxylic acids is 3. The minimum atomic E-state index is -0.924. The molecule has 192 valence electrons. The molecular weight excluding hydrogens is 456 g/mol. The predicted molar refractivity (Wildman–Crippen MR) is 123 cm³/mol. The summed E-state index contributed by atoms with van der Waals surface area (Å²) in [5.74, 6) is -2.16. The quantitative estimate of drug-likeness (QED) is 0.240. The number of allylic oxidation sites excluding steroid dienone is 1. The minimum absolute atomic E-state index is 0.000167. The highest BCUT2D eigenvalue weighted by molar-refractivity contribution is 5.68. The van der Waals surface area contributed by atoms with Crippen LogP contribution in [0.5, 0.6) is 0 Å². The molecule has 8 atom stereocenters. The van der Waals surface area contributed by atoms with Crippen molar-refractivity contribution in [1.29, 1.82) is 0 Å². The first kappa shape index (κ1) is 25.4. The van der Waals surface area contributed by atoms with Gasteiger partial charge in [0.2, 0.25) is 6.29 Å². The van der Waals surface area contributed by atoms with Crippen LogP contribution in [0.4, 0.5) is 0 Å². The zero-order chi connectivity index (χ0) is 25.5. The highest BCUT2D eigenvalue weighted by Crippen LogP contribution is 2.54. The summed E-state index contributed by atoms with van der Waals surface area (Å²) in [4.78, 5) is 36.0. The van der Waals surface area contributed by atoms with E-state index in [2.05, 4.69) is 6.58 Å². The van der Waals surface area contributed by atoms with Crippen molar-refractivity contribution in [3.05, 3.63) is 35.6 Å². The van der Waals surface area contributed by atoms with E-state index in [4.69, 9.17) is 28.4 Å².